The summed E-state index contributed by atoms with van der Waals surface area (Å²) >= 11 is 0. The Morgan fingerprint density at radius 2 is 2.22 bits per heavy atom. The predicted molar refractivity (Wildman–Crippen MR) is 63.9 cm³/mol. The first-order valence-corrected chi connectivity index (χ1v) is 6.74. The van der Waals surface area contributed by atoms with Crippen molar-refractivity contribution in [3.63, 3.8) is 0 Å². The molecule has 0 aliphatic rings. The van der Waals surface area contributed by atoms with E-state index in [0.29, 0.717) is 6.42 Å². The number of carboxylic acids is 1. The summed E-state index contributed by atoms with van der Waals surface area (Å²) in [5, 5.41) is 14.0. The first-order valence-electron chi connectivity index (χ1n) is 5.25. The molecule has 9 heteroatoms. The lowest BCUT2D eigenvalue weighted by molar-refractivity contribution is 0.0692. The minimum Gasteiger partial charge on any atom is -0.478 e. The van der Waals surface area contributed by atoms with Crippen LogP contribution >= 0.6 is 0 Å². The minimum absolute atomic E-state index is 0.235. The molecule has 0 aromatic carbocycles. The van der Waals surface area contributed by atoms with Gasteiger partial charge in [0, 0.05) is 6.54 Å². The van der Waals surface area contributed by atoms with Gasteiger partial charge in [-0.15, -0.1) is 0 Å². The molecule has 1 aromatic heterocycles. The Balaban J connectivity index is 2.69. The Labute approximate surface area is 105 Å². The first-order chi connectivity index (χ1) is 8.34. The monoisotopic (exact) mass is 276 g/mol. The Morgan fingerprint density at radius 1 is 1.56 bits per heavy atom. The number of hydrogen-bond donors (Lipinski definition) is 3. The summed E-state index contributed by atoms with van der Waals surface area (Å²) < 4.78 is 25.9. The van der Waals surface area contributed by atoms with Gasteiger partial charge < -0.3 is 10.0 Å². The summed E-state index contributed by atoms with van der Waals surface area (Å²) in [5.41, 5.74) is -0.366. The second kappa shape index (κ2) is 5.94. The lowest BCUT2D eigenvalue weighted by atomic mass is 10.4. The topological polar surface area (TPSA) is 115 Å². The zero-order valence-corrected chi connectivity index (χ0v) is 11.0. The third-order valence-corrected chi connectivity index (χ3v) is 3.61. The summed E-state index contributed by atoms with van der Waals surface area (Å²) in [5.74, 6) is -1.34. The fraction of sp³-hybridized carbons (Fsp3) is 0.556. The maximum Gasteiger partial charge on any atom is 0.340 e. The lowest BCUT2D eigenvalue weighted by Crippen LogP contribution is -2.28. The Hall–Kier alpha value is -1.45. The zero-order valence-electron chi connectivity index (χ0n) is 10.2. The third kappa shape index (κ3) is 3.79. The molecule has 3 N–H and O–H groups in total. The van der Waals surface area contributed by atoms with Gasteiger partial charge in [0.25, 0.3) is 10.0 Å². The molecule has 0 saturated carbocycles. The molecule has 1 aromatic rings. The van der Waals surface area contributed by atoms with Crippen molar-refractivity contribution in [2.24, 2.45) is 0 Å². The smallest absolute Gasteiger partial charge is 0.340 e. The van der Waals surface area contributed by atoms with E-state index in [1.807, 2.05) is 19.0 Å². The SMILES string of the molecule is CN(C)CCCNS(=O)(=O)c1[nH]ncc1C(=O)O. The van der Waals surface area contributed by atoms with Gasteiger partial charge in [0.2, 0.25) is 0 Å². The standard InChI is InChI=1S/C9H16N4O4S/c1-13(2)5-3-4-11-18(16,17)8-7(9(14)15)6-10-12-8/h6,11H,3-5H2,1-2H3,(H,10,12)(H,14,15). The van der Waals surface area contributed by atoms with Crippen LogP contribution in [0.3, 0.4) is 0 Å². The fourth-order valence-electron chi connectivity index (χ4n) is 1.31. The van der Waals surface area contributed by atoms with Gasteiger partial charge in [-0.2, -0.15) is 5.10 Å². The van der Waals surface area contributed by atoms with Gasteiger partial charge in [0.05, 0.1) is 6.20 Å². The molecule has 102 valence electrons. The summed E-state index contributed by atoms with van der Waals surface area (Å²) in [7, 11) is -0.0962. The summed E-state index contributed by atoms with van der Waals surface area (Å²) in [6.45, 7) is 0.968. The molecule has 0 radical (unpaired) electrons. The number of sulfonamides is 1. The van der Waals surface area contributed by atoms with Crippen LogP contribution in [-0.2, 0) is 10.0 Å². The molecule has 18 heavy (non-hydrogen) atoms. The van der Waals surface area contributed by atoms with Crippen molar-refractivity contribution < 1.29 is 18.3 Å². The van der Waals surface area contributed by atoms with Crippen LogP contribution in [0.4, 0.5) is 0 Å². The number of H-pyrrole nitrogens is 1. The number of aromatic carboxylic acids is 1. The molecule has 0 saturated heterocycles. The molecule has 0 fully saturated rings. The second-order valence-electron chi connectivity index (χ2n) is 3.97. The molecule has 1 heterocycles. The number of nitrogens with zero attached hydrogens (tertiary/aromatic N) is 2. The normalized spacial score (nSPS) is 11.9. The second-order valence-corrected chi connectivity index (χ2v) is 5.68. The van der Waals surface area contributed by atoms with Crippen LogP contribution in [0.25, 0.3) is 0 Å². The number of nitrogens with one attached hydrogen (secondary N) is 2. The number of carboxylic acid groups (broad SMARTS) is 1. The van der Waals surface area contributed by atoms with Gasteiger partial charge in [-0.1, -0.05) is 0 Å². The van der Waals surface area contributed by atoms with Gasteiger partial charge in [0.15, 0.2) is 5.03 Å². The maximum absolute atomic E-state index is 11.8. The van der Waals surface area contributed by atoms with Gasteiger partial charge >= 0.3 is 5.97 Å². The van der Waals surface area contributed by atoms with E-state index in [1.54, 1.807) is 0 Å². The van der Waals surface area contributed by atoms with E-state index in [9.17, 15) is 13.2 Å². The van der Waals surface area contributed by atoms with Crippen LogP contribution in [0.1, 0.15) is 16.8 Å². The molecule has 0 aliphatic heterocycles. The van der Waals surface area contributed by atoms with Crippen LogP contribution in [0.5, 0.6) is 0 Å². The van der Waals surface area contributed by atoms with Gasteiger partial charge in [-0.25, -0.2) is 17.9 Å². The Bertz CT molecular complexity index is 508. The van der Waals surface area contributed by atoms with Crippen molar-refractivity contribution in [1.29, 1.82) is 0 Å². The summed E-state index contributed by atoms with van der Waals surface area (Å²) in [4.78, 5) is 12.7. The van der Waals surface area contributed by atoms with Crippen molar-refractivity contribution in [2.45, 2.75) is 11.4 Å². The van der Waals surface area contributed by atoms with Crippen LogP contribution in [0, 0.1) is 0 Å². The third-order valence-electron chi connectivity index (χ3n) is 2.18. The van der Waals surface area contributed by atoms with E-state index in [-0.39, 0.29) is 12.1 Å². The number of rotatable bonds is 7. The minimum atomic E-state index is -3.86. The Morgan fingerprint density at radius 3 is 2.78 bits per heavy atom. The molecule has 0 aliphatic carbocycles. The average Bonchev–Trinajstić information content (AvgIpc) is 2.73. The Kier molecular flexibility index (Phi) is 4.82. The van der Waals surface area contributed by atoms with Crippen LogP contribution in [0.15, 0.2) is 11.2 Å². The van der Waals surface area contributed by atoms with Gasteiger partial charge in [-0.3, -0.25) is 5.10 Å². The van der Waals surface area contributed by atoms with Crippen LogP contribution < -0.4 is 4.72 Å². The summed E-state index contributed by atoms with van der Waals surface area (Å²) in [6.07, 6.45) is 1.60. The van der Waals surface area contributed by atoms with E-state index in [2.05, 4.69) is 14.9 Å². The van der Waals surface area contributed by atoms with Crippen molar-refractivity contribution >= 4 is 16.0 Å². The predicted octanol–water partition coefficient (Wildman–Crippen LogP) is -0.662. The number of aromatic amines is 1. The van der Waals surface area contributed by atoms with E-state index >= 15 is 0 Å². The van der Waals surface area contributed by atoms with Crippen molar-refractivity contribution in [3.05, 3.63) is 11.8 Å². The molecule has 8 nitrogen and oxygen atoms in total. The first kappa shape index (κ1) is 14.6. The molecule has 0 atom stereocenters. The van der Waals surface area contributed by atoms with Crippen molar-refractivity contribution in [1.82, 2.24) is 19.8 Å². The molecule has 1 rings (SSSR count). The highest BCUT2D eigenvalue weighted by Gasteiger charge is 2.24. The van der Waals surface area contributed by atoms with Crippen molar-refractivity contribution in [2.75, 3.05) is 27.2 Å². The lowest BCUT2D eigenvalue weighted by Gasteiger charge is -2.09. The summed E-state index contributed by atoms with van der Waals surface area (Å²) in [6, 6.07) is 0. The highest BCUT2D eigenvalue weighted by atomic mass is 32.2. The van der Waals surface area contributed by atoms with E-state index in [0.717, 1.165) is 12.7 Å². The quantitative estimate of drug-likeness (QED) is 0.569. The molecular formula is C9H16N4O4S. The molecule has 0 spiro atoms. The van der Waals surface area contributed by atoms with Gasteiger partial charge in [0.1, 0.15) is 5.56 Å². The van der Waals surface area contributed by atoms with Gasteiger partial charge in [-0.05, 0) is 27.1 Å². The number of aromatic nitrogens is 2. The molecule has 0 amide bonds. The largest absolute Gasteiger partial charge is 0.478 e. The molecule has 0 bridgehead atoms. The van der Waals surface area contributed by atoms with E-state index in [4.69, 9.17) is 5.11 Å². The number of carbonyl (C=O) groups is 1. The van der Waals surface area contributed by atoms with Crippen LogP contribution in [-0.4, -0.2) is 61.8 Å². The molecule has 0 unspecified atom stereocenters. The number of hydrogen-bond acceptors (Lipinski definition) is 5. The van der Waals surface area contributed by atoms with E-state index in [1.165, 1.54) is 0 Å². The van der Waals surface area contributed by atoms with Crippen molar-refractivity contribution in [3.8, 4) is 0 Å². The van der Waals surface area contributed by atoms with E-state index < -0.39 is 21.0 Å². The average molecular weight is 276 g/mol. The highest BCUT2D eigenvalue weighted by Crippen LogP contribution is 2.11. The molecular weight excluding hydrogens is 260 g/mol. The maximum atomic E-state index is 11.8. The zero-order chi connectivity index (χ0) is 13.8. The highest BCUT2D eigenvalue weighted by molar-refractivity contribution is 7.89. The fourth-order valence-corrected chi connectivity index (χ4v) is 2.47. The van der Waals surface area contributed by atoms with Crippen LogP contribution in [0.2, 0.25) is 0 Å².